The quantitative estimate of drug-likeness (QED) is 0.790. The second-order valence-corrected chi connectivity index (χ2v) is 5.23. The molecule has 1 aliphatic heterocycles. The summed E-state index contributed by atoms with van der Waals surface area (Å²) in [6.45, 7) is 6.71. The molecule has 0 bridgehead atoms. The van der Waals surface area contributed by atoms with Gasteiger partial charge in [-0.25, -0.2) is 0 Å². The molecule has 0 spiro atoms. The smallest absolute Gasteiger partial charge is 0.123 e. The Balaban J connectivity index is 2.27. The molecule has 1 heterocycles. The third kappa shape index (κ3) is 1.77. The van der Waals surface area contributed by atoms with E-state index in [1.165, 1.54) is 18.4 Å². The van der Waals surface area contributed by atoms with E-state index in [-0.39, 0.29) is 5.41 Å². The largest absolute Gasteiger partial charge is 0.489 e. The second-order valence-electron chi connectivity index (χ2n) is 5.23. The molecule has 2 N–H and O–H groups in total. The van der Waals surface area contributed by atoms with Gasteiger partial charge in [0.25, 0.3) is 0 Å². The topological polar surface area (TPSA) is 35.2 Å². The van der Waals surface area contributed by atoms with E-state index in [2.05, 4.69) is 26.8 Å². The molecule has 1 aromatic carbocycles. The maximum atomic E-state index is 6.02. The number of nitrogens with two attached hydrogens (primary N) is 1. The lowest BCUT2D eigenvalue weighted by molar-refractivity contribution is 0.152. The Morgan fingerprint density at radius 3 is 2.81 bits per heavy atom. The van der Waals surface area contributed by atoms with E-state index in [0.29, 0.717) is 6.10 Å². The van der Waals surface area contributed by atoms with Crippen LogP contribution in [0.25, 0.3) is 0 Å². The zero-order valence-corrected chi connectivity index (χ0v) is 10.4. The number of anilines is 1. The summed E-state index contributed by atoms with van der Waals surface area (Å²) in [5, 5.41) is 0. The highest BCUT2D eigenvalue weighted by Crippen LogP contribution is 2.45. The summed E-state index contributed by atoms with van der Waals surface area (Å²) in [7, 11) is 0. The highest BCUT2D eigenvalue weighted by atomic mass is 16.5. The molecule has 0 saturated heterocycles. The molecule has 16 heavy (non-hydrogen) atoms. The van der Waals surface area contributed by atoms with Gasteiger partial charge in [-0.15, -0.1) is 0 Å². The Bertz CT molecular complexity index is 384. The lowest BCUT2D eigenvalue weighted by Gasteiger charge is -2.25. The Morgan fingerprint density at radius 2 is 2.12 bits per heavy atom. The van der Waals surface area contributed by atoms with Crippen LogP contribution >= 0.6 is 0 Å². The van der Waals surface area contributed by atoms with Crippen molar-refractivity contribution in [3.05, 3.63) is 23.8 Å². The van der Waals surface area contributed by atoms with Gasteiger partial charge in [0.05, 0.1) is 0 Å². The van der Waals surface area contributed by atoms with Crippen molar-refractivity contribution in [1.29, 1.82) is 0 Å². The number of benzene rings is 1. The molecule has 1 unspecified atom stereocenters. The van der Waals surface area contributed by atoms with Crippen molar-refractivity contribution in [2.75, 3.05) is 5.73 Å². The molecule has 0 aromatic heterocycles. The van der Waals surface area contributed by atoms with Crippen LogP contribution in [0.15, 0.2) is 18.2 Å². The van der Waals surface area contributed by atoms with Crippen molar-refractivity contribution < 1.29 is 4.74 Å². The van der Waals surface area contributed by atoms with Crippen LogP contribution in [-0.2, 0) is 5.41 Å². The first-order valence-electron chi connectivity index (χ1n) is 6.12. The third-order valence-corrected chi connectivity index (χ3v) is 3.59. The fraction of sp³-hybridized carbons (Fsp3) is 0.571. The maximum absolute atomic E-state index is 6.02. The molecular formula is C14H21NO. The molecule has 2 heteroatoms. The first-order valence-corrected chi connectivity index (χ1v) is 6.12. The molecule has 0 saturated carbocycles. The average Bonchev–Trinajstić information content (AvgIpc) is 2.48. The maximum Gasteiger partial charge on any atom is 0.123 e. The number of ether oxygens (including phenoxy) is 1. The van der Waals surface area contributed by atoms with E-state index in [4.69, 9.17) is 10.5 Å². The molecule has 2 rings (SSSR count). The van der Waals surface area contributed by atoms with Crippen LogP contribution in [0.2, 0.25) is 0 Å². The Kier molecular flexibility index (Phi) is 2.83. The van der Waals surface area contributed by atoms with Gasteiger partial charge < -0.3 is 10.5 Å². The summed E-state index contributed by atoms with van der Waals surface area (Å²) < 4.78 is 6.02. The second kappa shape index (κ2) is 4.00. The van der Waals surface area contributed by atoms with E-state index in [1.807, 2.05) is 12.1 Å². The van der Waals surface area contributed by atoms with Crippen LogP contribution in [-0.4, -0.2) is 6.10 Å². The molecule has 1 aromatic rings. The van der Waals surface area contributed by atoms with E-state index >= 15 is 0 Å². The fourth-order valence-corrected chi connectivity index (χ4v) is 2.44. The van der Waals surface area contributed by atoms with Crippen LogP contribution in [0.4, 0.5) is 5.69 Å². The first kappa shape index (κ1) is 11.3. The van der Waals surface area contributed by atoms with Gasteiger partial charge in [0.15, 0.2) is 0 Å². The summed E-state index contributed by atoms with van der Waals surface area (Å²) >= 11 is 0. The minimum absolute atomic E-state index is 0.0832. The lowest BCUT2D eigenvalue weighted by atomic mass is 9.79. The zero-order chi connectivity index (χ0) is 11.8. The van der Waals surface area contributed by atoms with E-state index in [0.717, 1.165) is 17.9 Å². The highest BCUT2D eigenvalue weighted by molar-refractivity contribution is 5.53. The van der Waals surface area contributed by atoms with Crippen molar-refractivity contribution in [3.63, 3.8) is 0 Å². The van der Waals surface area contributed by atoms with Gasteiger partial charge in [0, 0.05) is 16.7 Å². The zero-order valence-electron chi connectivity index (χ0n) is 10.4. The molecule has 0 fully saturated rings. The fourth-order valence-electron chi connectivity index (χ4n) is 2.44. The predicted octanol–water partition coefficient (Wildman–Crippen LogP) is 3.50. The van der Waals surface area contributed by atoms with Gasteiger partial charge >= 0.3 is 0 Å². The Labute approximate surface area is 97.8 Å². The summed E-state index contributed by atoms with van der Waals surface area (Å²) in [4.78, 5) is 0. The average molecular weight is 219 g/mol. The number of fused-ring (bicyclic) bond motifs is 1. The minimum atomic E-state index is 0.0832. The highest BCUT2D eigenvalue weighted by Gasteiger charge is 2.40. The Morgan fingerprint density at radius 1 is 1.38 bits per heavy atom. The molecule has 0 radical (unpaired) electrons. The number of unbranched alkanes of at least 4 members (excludes halogenated alkanes) is 1. The van der Waals surface area contributed by atoms with Gasteiger partial charge in [-0.05, 0) is 24.6 Å². The SMILES string of the molecule is CCCCC1Oc2ccc(N)cc2C1(C)C. The standard InChI is InChI=1S/C14H21NO/c1-4-5-6-13-14(2,3)11-9-10(15)7-8-12(11)16-13/h7-9,13H,4-6,15H2,1-3H3. The summed E-state index contributed by atoms with van der Waals surface area (Å²) in [5.74, 6) is 1.01. The van der Waals surface area contributed by atoms with Crippen LogP contribution < -0.4 is 10.5 Å². The molecule has 88 valence electrons. The normalized spacial score (nSPS) is 21.6. The number of hydrogen-bond donors (Lipinski definition) is 1. The van der Waals surface area contributed by atoms with Crippen LogP contribution in [0.1, 0.15) is 45.6 Å². The Hall–Kier alpha value is -1.18. The first-order chi connectivity index (χ1) is 7.55. The number of rotatable bonds is 3. The molecular weight excluding hydrogens is 198 g/mol. The molecule has 2 nitrogen and oxygen atoms in total. The van der Waals surface area contributed by atoms with Crippen molar-refractivity contribution in [2.24, 2.45) is 0 Å². The monoisotopic (exact) mass is 219 g/mol. The van der Waals surface area contributed by atoms with E-state index in [1.54, 1.807) is 0 Å². The van der Waals surface area contributed by atoms with E-state index < -0.39 is 0 Å². The van der Waals surface area contributed by atoms with Crippen molar-refractivity contribution >= 4 is 5.69 Å². The molecule has 0 amide bonds. The minimum Gasteiger partial charge on any atom is -0.489 e. The van der Waals surface area contributed by atoms with Crippen molar-refractivity contribution in [3.8, 4) is 5.75 Å². The van der Waals surface area contributed by atoms with Gasteiger partial charge in [-0.3, -0.25) is 0 Å². The summed E-state index contributed by atoms with van der Waals surface area (Å²) in [6, 6.07) is 5.97. The predicted molar refractivity (Wildman–Crippen MR) is 67.8 cm³/mol. The van der Waals surface area contributed by atoms with Gasteiger partial charge in [0.2, 0.25) is 0 Å². The number of nitrogen functional groups attached to an aromatic ring is 1. The molecule has 0 aliphatic carbocycles. The van der Waals surface area contributed by atoms with E-state index in [9.17, 15) is 0 Å². The van der Waals surface area contributed by atoms with Crippen LogP contribution in [0.3, 0.4) is 0 Å². The lowest BCUT2D eigenvalue weighted by Crippen LogP contribution is -2.32. The molecule has 1 aliphatic rings. The third-order valence-electron chi connectivity index (χ3n) is 3.59. The van der Waals surface area contributed by atoms with Crippen LogP contribution in [0, 0.1) is 0 Å². The van der Waals surface area contributed by atoms with Gasteiger partial charge in [0.1, 0.15) is 11.9 Å². The van der Waals surface area contributed by atoms with Crippen molar-refractivity contribution in [2.45, 2.75) is 51.6 Å². The van der Waals surface area contributed by atoms with Gasteiger partial charge in [-0.1, -0.05) is 33.6 Å². The molecule has 1 atom stereocenters. The van der Waals surface area contributed by atoms with Gasteiger partial charge in [-0.2, -0.15) is 0 Å². The van der Waals surface area contributed by atoms with Crippen LogP contribution in [0.5, 0.6) is 5.75 Å². The number of hydrogen-bond acceptors (Lipinski definition) is 2. The summed E-state index contributed by atoms with van der Waals surface area (Å²) in [6.07, 6.45) is 3.86. The van der Waals surface area contributed by atoms with Crippen molar-refractivity contribution in [1.82, 2.24) is 0 Å². The summed E-state index contributed by atoms with van der Waals surface area (Å²) in [5.41, 5.74) is 8.01.